The summed E-state index contributed by atoms with van der Waals surface area (Å²) < 4.78 is 25.0. The Bertz CT molecular complexity index is 1320. The monoisotopic (exact) mass is 489 g/mol. The van der Waals surface area contributed by atoms with Crippen LogP contribution in [0.2, 0.25) is 0 Å². The second-order valence-electron chi connectivity index (χ2n) is 10.3. The van der Waals surface area contributed by atoms with Gasteiger partial charge in [0.25, 0.3) is 0 Å². The van der Waals surface area contributed by atoms with Crippen molar-refractivity contribution in [2.75, 3.05) is 25.9 Å². The van der Waals surface area contributed by atoms with Gasteiger partial charge in [-0.2, -0.15) is 5.10 Å². The minimum atomic E-state index is -2.19. The molecule has 1 fully saturated rings. The molecule has 0 bridgehead atoms. The maximum Gasteiger partial charge on any atom is 0.166 e. The number of ether oxygens (including phenoxy) is 1. The van der Waals surface area contributed by atoms with Crippen molar-refractivity contribution in [2.24, 2.45) is 5.92 Å². The maximum absolute atomic E-state index is 10.5. The van der Waals surface area contributed by atoms with E-state index in [4.69, 9.17) is 13.2 Å². The van der Waals surface area contributed by atoms with E-state index in [0.29, 0.717) is 23.9 Å². The highest BCUT2D eigenvalue weighted by molar-refractivity contribution is 5.65. The Morgan fingerprint density at radius 3 is 2.78 bits per heavy atom. The van der Waals surface area contributed by atoms with Crippen LogP contribution < -0.4 is 10.5 Å². The lowest BCUT2D eigenvalue weighted by Crippen LogP contribution is -2.31. The van der Waals surface area contributed by atoms with Gasteiger partial charge in [-0.25, -0.2) is 4.98 Å². The van der Waals surface area contributed by atoms with Crippen molar-refractivity contribution in [1.29, 1.82) is 0 Å². The molecule has 4 rings (SSSR count). The van der Waals surface area contributed by atoms with E-state index >= 15 is 0 Å². The summed E-state index contributed by atoms with van der Waals surface area (Å²) in [5, 5.41) is 15.1. The van der Waals surface area contributed by atoms with Crippen LogP contribution in [0.3, 0.4) is 0 Å². The number of nitrogens with two attached hydrogens (primary N) is 1. The molecule has 1 aliphatic heterocycles. The van der Waals surface area contributed by atoms with Gasteiger partial charge >= 0.3 is 0 Å². The van der Waals surface area contributed by atoms with Crippen LogP contribution in [-0.2, 0) is 6.56 Å². The number of piperidine rings is 1. The number of benzene rings is 1. The zero-order valence-corrected chi connectivity index (χ0v) is 21.5. The summed E-state index contributed by atoms with van der Waals surface area (Å²) in [6, 6.07) is 8.80. The van der Waals surface area contributed by atoms with Crippen LogP contribution in [-0.4, -0.2) is 50.5 Å². The molecule has 0 spiro atoms. The number of aromatic nitrogens is 3. The number of anilines is 1. The first-order valence-corrected chi connectivity index (χ1v) is 12.5. The second kappa shape index (κ2) is 11.2. The molecular formula is C29H37N5O2. The molecule has 1 aliphatic rings. The molecule has 7 heteroatoms. The number of hydrogen-bond acceptors (Lipinski definition) is 6. The molecule has 7 nitrogen and oxygen atoms in total. The van der Waals surface area contributed by atoms with E-state index in [1.54, 1.807) is 49.6 Å². The lowest BCUT2D eigenvalue weighted by molar-refractivity contribution is 0.0976. The zero-order chi connectivity index (χ0) is 27.5. The first kappa shape index (κ1) is 23.1. The van der Waals surface area contributed by atoms with E-state index < -0.39 is 12.2 Å². The van der Waals surface area contributed by atoms with Crippen molar-refractivity contribution >= 4 is 5.82 Å². The molecular weight excluding hydrogens is 450 g/mol. The van der Waals surface area contributed by atoms with Gasteiger partial charge in [0.2, 0.25) is 0 Å². The molecule has 3 heterocycles. The Hall–Kier alpha value is -3.34. The summed E-state index contributed by atoms with van der Waals surface area (Å²) in [5.74, 6) is 6.41. The van der Waals surface area contributed by atoms with Crippen molar-refractivity contribution in [2.45, 2.75) is 58.2 Å². The summed E-state index contributed by atoms with van der Waals surface area (Å²) in [5.41, 5.74) is 7.43. The van der Waals surface area contributed by atoms with Crippen molar-refractivity contribution in [3.8, 4) is 28.7 Å². The molecule has 1 atom stereocenters. The largest absolute Gasteiger partial charge is 0.485 e. The average Bonchev–Trinajstić information content (AvgIpc) is 3.34. The highest BCUT2D eigenvalue weighted by Crippen LogP contribution is 2.29. The van der Waals surface area contributed by atoms with E-state index in [0.717, 1.165) is 37.1 Å². The molecule has 0 amide bonds. The number of nitrogens with zero attached hydrogens (tertiary/aromatic N) is 4. The van der Waals surface area contributed by atoms with Crippen molar-refractivity contribution in [1.82, 2.24) is 19.7 Å². The standard InChI is InChI=1S/C29H37N5O2/c1-21(2)16-29(3,35)11-8-22-6-5-7-23(14-22)20-36-27-15-24(17-31-28(27)30)25-18-32-34(19-25)26-9-12-33(4)13-10-26/h5-7,14-15,17-19,21,26,35H,9-10,12-13,16,20H2,1-4H3,(H2,30,31)/i20D2. The summed E-state index contributed by atoms with van der Waals surface area (Å²) in [4.78, 5) is 6.58. The van der Waals surface area contributed by atoms with Gasteiger partial charge in [-0.15, -0.1) is 0 Å². The SMILES string of the molecule is [2H]C([2H])(Oc1cc(-c2cnn(C3CCN(C)CC3)c2)cnc1N)c1cccc(C#CC(C)(O)CC(C)C)c1. The summed E-state index contributed by atoms with van der Waals surface area (Å²) >= 11 is 0. The van der Waals surface area contributed by atoms with E-state index in [9.17, 15) is 5.11 Å². The first-order valence-electron chi connectivity index (χ1n) is 13.5. The quantitative estimate of drug-likeness (QED) is 0.474. The van der Waals surface area contributed by atoms with E-state index in [1.165, 1.54) is 0 Å². The molecule has 36 heavy (non-hydrogen) atoms. The molecule has 190 valence electrons. The van der Waals surface area contributed by atoms with Gasteiger partial charge in [-0.3, -0.25) is 4.68 Å². The number of nitrogen functional groups attached to an aromatic ring is 1. The zero-order valence-electron chi connectivity index (χ0n) is 23.5. The Balaban J connectivity index is 1.53. The van der Waals surface area contributed by atoms with Crippen molar-refractivity contribution in [3.05, 3.63) is 60.0 Å². The van der Waals surface area contributed by atoms with Crippen LogP contribution in [0.1, 0.15) is 59.9 Å². The summed E-state index contributed by atoms with van der Waals surface area (Å²) in [7, 11) is 2.13. The van der Waals surface area contributed by atoms with Crippen LogP contribution in [0, 0.1) is 17.8 Å². The third-order valence-corrected chi connectivity index (χ3v) is 6.30. The first-order chi connectivity index (χ1) is 17.9. The second-order valence-corrected chi connectivity index (χ2v) is 10.3. The fraction of sp³-hybridized carbons (Fsp3) is 0.448. The Kier molecular flexibility index (Phi) is 7.15. The van der Waals surface area contributed by atoms with E-state index in [-0.39, 0.29) is 17.1 Å². The molecule has 1 aromatic carbocycles. The predicted molar refractivity (Wildman–Crippen MR) is 143 cm³/mol. The number of aliphatic hydroxyl groups is 1. The van der Waals surface area contributed by atoms with Crippen LogP contribution in [0.5, 0.6) is 5.75 Å². The predicted octanol–water partition coefficient (Wildman–Crippen LogP) is 4.52. The van der Waals surface area contributed by atoms with Crippen molar-refractivity contribution < 1.29 is 12.6 Å². The van der Waals surface area contributed by atoms with Gasteiger partial charge in [0.05, 0.1) is 15.0 Å². The van der Waals surface area contributed by atoms with Crippen LogP contribution >= 0.6 is 0 Å². The number of pyridine rings is 1. The molecule has 1 saturated heterocycles. The van der Waals surface area contributed by atoms with Crippen LogP contribution in [0.4, 0.5) is 5.82 Å². The minimum absolute atomic E-state index is 0.0982. The molecule has 0 radical (unpaired) electrons. The maximum atomic E-state index is 10.5. The summed E-state index contributed by atoms with van der Waals surface area (Å²) in [6.07, 6.45) is 8.07. The number of hydrogen-bond donors (Lipinski definition) is 2. The third kappa shape index (κ3) is 6.87. The Morgan fingerprint density at radius 1 is 1.25 bits per heavy atom. The van der Waals surface area contributed by atoms with Gasteiger partial charge in [0, 0.05) is 29.1 Å². The van der Waals surface area contributed by atoms with Gasteiger partial charge < -0.3 is 20.5 Å². The van der Waals surface area contributed by atoms with E-state index in [1.807, 2.05) is 24.7 Å². The fourth-order valence-corrected chi connectivity index (χ4v) is 4.47. The lowest BCUT2D eigenvalue weighted by Gasteiger charge is -2.28. The normalized spacial score (nSPS) is 17.6. The molecule has 3 aromatic rings. The highest BCUT2D eigenvalue weighted by atomic mass is 16.5. The third-order valence-electron chi connectivity index (χ3n) is 6.30. The van der Waals surface area contributed by atoms with Gasteiger partial charge in [-0.05, 0) is 76.0 Å². The highest BCUT2D eigenvalue weighted by Gasteiger charge is 2.20. The summed E-state index contributed by atoms with van der Waals surface area (Å²) in [6.45, 7) is 5.64. The Labute approximate surface area is 217 Å². The van der Waals surface area contributed by atoms with Gasteiger partial charge in [-0.1, -0.05) is 37.8 Å². The minimum Gasteiger partial charge on any atom is -0.485 e. The topological polar surface area (TPSA) is 89.4 Å². The lowest BCUT2D eigenvalue weighted by atomic mass is 9.94. The Morgan fingerprint density at radius 2 is 2.03 bits per heavy atom. The average molecular weight is 490 g/mol. The molecule has 3 N–H and O–H groups in total. The number of likely N-dealkylation sites (tertiary alicyclic amines) is 1. The van der Waals surface area contributed by atoms with E-state index in [2.05, 4.69) is 33.9 Å². The molecule has 2 aromatic heterocycles. The molecule has 1 unspecified atom stereocenters. The van der Waals surface area contributed by atoms with Crippen molar-refractivity contribution in [3.63, 3.8) is 0 Å². The molecule has 0 saturated carbocycles. The van der Waals surface area contributed by atoms with Gasteiger partial charge in [0.1, 0.15) is 12.2 Å². The molecule has 0 aliphatic carbocycles. The smallest absolute Gasteiger partial charge is 0.166 e. The number of rotatable bonds is 7. The van der Waals surface area contributed by atoms with Crippen LogP contribution in [0.25, 0.3) is 11.1 Å². The fourth-order valence-electron chi connectivity index (χ4n) is 4.47. The van der Waals surface area contributed by atoms with Gasteiger partial charge in [0.15, 0.2) is 11.6 Å². The van der Waals surface area contributed by atoms with Crippen LogP contribution in [0.15, 0.2) is 48.9 Å².